The van der Waals surface area contributed by atoms with Crippen LogP contribution in [0.4, 0.5) is 4.79 Å². The minimum absolute atomic E-state index is 0.0165. The smallest absolute Gasteiger partial charge is 0.328 e. The fourth-order valence-corrected chi connectivity index (χ4v) is 6.60. The number of aromatic amines is 1. The maximum absolute atomic E-state index is 12.9. The maximum Gasteiger partial charge on any atom is 0.328 e. The summed E-state index contributed by atoms with van der Waals surface area (Å²) in [6, 6.07) is 31.9. The maximum atomic E-state index is 12.9. The fourth-order valence-electron chi connectivity index (χ4n) is 5.80. The van der Waals surface area contributed by atoms with Gasteiger partial charge in [-0.3, -0.25) is 5.10 Å². The number of ether oxygens (including phenoxy) is 3. The number of rotatable bonds is 13. The largest absolute Gasteiger partial charge is 0.467 e. The Morgan fingerprint density at radius 2 is 1.68 bits per heavy atom. The first-order valence-electron chi connectivity index (χ1n) is 16.3. The van der Waals surface area contributed by atoms with Crippen LogP contribution < -0.4 is 10.6 Å². The predicted molar refractivity (Wildman–Crippen MR) is 189 cm³/mol. The zero-order valence-electron chi connectivity index (χ0n) is 27.5. The topological polar surface area (TPSA) is 148 Å². The number of benzene rings is 4. The standard InChI is InChI=1S/C38H39N5O6S/c1-47-35(45)33(19-25-7-3-2-4-8-25)42-37(46)39-21-30-9-5-6-10-32(30)27-15-17-29(18-16-27)36-48-31(23-50-38-40-24-41-43-38)20-34(49-36)28-13-11-26(22-44)12-14-28/h2-18,24,31,33-34,36,44H,19-23H2,1H3,(H2,39,42,46)(H,40,41,43)/t31-,33-,34+,36+/m0/s1. The summed E-state index contributed by atoms with van der Waals surface area (Å²) in [5.41, 5.74) is 6.49. The zero-order valence-corrected chi connectivity index (χ0v) is 28.3. The molecule has 5 aromatic rings. The molecule has 11 nitrogen and oxygen atoms in total. The first-order valence-corrected chi connectivity index (χ1v) is 17.3. The Hall–Kier alpha value is -5.01. The molecule has 1 saturated heterocycles. The quantitative estimate of drug-likeness (QED) is 0.0876. The molecule has 2 amide bonds. The molecular formula is C38H39N5O6S. The van der Waals surface area contributed by atoms with Crippen molar-refractivity contribution in [1.29, 1.82) is 0 Å². The molecule has 50 heavy (non-hydrogen) atoms. The summed E-state index contributed by atoms with van der Waals surface area (Å²) < 4.78 is 17.9. The molecule has 6 rings (SSSR count). The lowest BCUT2D eigenvalue weighted by Gasteiger charge is -2.36. The lowest BCUT2D eigenvalue weighted by molar-refractivity contribution is -0.245. The molecule has 2 heterocycles. The van der Waals surface area contributed by atoms with Gasteiger partial charge in [0, 0.05) is 30.7 Å². The van der Waals surface area contributed by atoms with Crippen molar-refractivity contribution in [3.05, 3.63) is 137 Å². The molecule has 4 atom stereocenters. The second-order valence-corrected chi connectivity index (χ2v) is 12.8. The summed E-state index contributed by atoms with van der Waals surface area (Å²) >= 11 is 1.55. The Balaban J connectivity index is 1.13. The molecule has 1 aliphatic rings. The van der Waals surface area contributed by atoms with Gasteiger partial charge >= 0.3 is 12.0 Å². The third kappa shape index (κ3) is 9.16. The van der Waals surface area contributed by atoms with Gasteiger partial charge in [0.25, 0.3) is 0 Å². The SMILES string of the molecule is COC(=O)[C@H](Cc1ccccc1)NC(=O)NCc1ccccc1-c1ccc([C@@H]2O[C@H](CSc3ncn[nH]3)C[C@H](c3ccc(CO)cc3)O2)cc1. The van der Waals surface area contributed by atoms with Crippen molar-refractivity contribution in [3.8, 4) is 11.1 Å². The van der Waals surface area contributed by atoms with Gasteiger partial charge in [-0.05, 0) is 33.4 Å². The number of thioether (sulfide) groups is 1. The number of esters is 1. The molecule has 4 aromatic carbocycles. The molecule has 0 spiro atoms. The van der Waals surface area contributed by atoms with E-state index in [4.69, 9.17) is 14.2 Å². The van der Waals surface area contributed by atoms with E-state index in [1.54, 1.807) is 11.8 Å². The summed E-state index contributed by atoms with van der Waals surface area (Å²) in [6.45, 7) is 0.233. The summed E-state index contributed by atoms with van der Waals surface area (Å²) in [5.74, 6) is 0.153. The number of aromatic nitrogens is 3. The highest BCUT2D eigenvalue weighted by atomic mass is 32.2. The summed E-state index contributed by atoms with van der Waals surface area (Å²) in [7, 11) is 1.31. The van der Waals surface area contributed by atoms with E-state index in [-0.39, 0.29) is 25.4 Å². The third-order valence-corrected chi connectivity index (χ3v) is 9.45. The number of carbonyl (C=O) groups excluding carboxylic acids is 2. The molecule has 0 aliphatic carbocycles. The van der Waals surface area contributed by atoms with Gasteiger partial charge in [0.05, 0.1) is 25.9 Å². The number of carbonyl (C=O) groups is 2. The number of aliphatic hydroxyl groups excluding tert-OH is 1. The normalized spacial score (nSPS) is 17.8. The van der Waals surface area contributed by atoms with Crippen LogP contribution >= 0.6 is 11.8 Å². The summed E-state index contributed by atoms with van der Waals surface area (Å²) in [6.07, 6.45) is 1.55. The molecule has 12 heteroatoms. The highest BCUT2D eigenvalue weighted by molar-refractivity contribution is 7.99. The van der Waals surface area contributed by atoms with E-state index < -0.39 is 24.3 Å². The number of amides is 2. The van der Waals surface area contributed by atoms with Gasteiger partial charge in [-0.15, -0.1) is 0 Å². The van der Waals surface area contributed by atoms with Crippen molar-refractivity contribution in [3.63, 3.8) is 0 Å². The van der Waals surface area contributed by atoms with Crippen LogP contribution in [0.3, 0.4) is 0 Å². The van der Waals surface area contributed by atoms with Gasteiger partial charge in [0.2, 0.25) is 0 Å². The number of urea groups is 1. The van der Waals surface area contributed by atoms with Gasteiger partial charge in [0.1, 0.15) is 12.4 Å². The average molecular weight is 694 g/mol. The van der Waals surface area contributed by atoms with E-state index in [1.807, 2.05) is 103 Å². The number of hydrogen-bond acceptors (Lipinski definition) is 9. The Morgan fingerprint density at radius 3 is 2.40 bits per heavy atom. The predicted octanol–water partition coefficient (Wildman–Crippen LogP) is 5.89. The van der Waals surface area contributed by atoms with Crippen molar-refractivity contribution >= 4 is 23.8 Å². The van der Waals surface area contributed by atoms with Crippen molar-refractivity contribution in [1.82, 2.24) is 25.8 Å². The number of H-pyrrole nitrogens is 1. The van der Waals surface area contributed by atoms with E-state index >= 15 is 0 Å². The number of nitrogens with zero attached hydrogens (tertiary/aromatic N) is 2. The van der Waals surface area contributed by atoms with Crippen LogP contribution in [0.5, 0.6) is 0 Å². The minimum atomic E-state index is -0.825. The molecule has 1 fully saturated rings. The van der Waals surface area contributed by atoms with Gasteiger partial charge in [-0.25, -0.2) is 14.6 Å². The second kappa shape index (κ2) is 17.1. The molecule has 1 aliphatic heterocycles. The summed E-state index contributed by atoms with van der Waals surface area (Å²) in [4.78, 5) is 29.6. The second-order valence-electron chi connectivity index (χ2n) is 11.8. The molecular weight excluding hydrogens is 655 g/mol. The van der Waals surface area contributed by atoms with Crippen LogP contribution in [-0.2, 0) is 38.6 Å². The first kappa shape index (κ1) is 34.8. The number of aliphatic hydroxyl groups is 1. The van der Waals surface area contributed by atoms with Crippen LogP contribution in [0.2, 0.25) is 0 Å². The van der Waals surface area contributed by atoms with E-state index in [2.05, 4.69) is 25.8 Å². The average Bonchev–Trinajstić information content (AvgIpc) is 3.70. The van der Waals surface area contributed by atoms with Crippen molar-refractivity contribution in [2.75, 3.05) is 12.9 Å². The summed E-state index contributed by atoms with van der Waals surface area (Å²) in [5, 5.41) is 22.7. The van der Waals surface area contributed by atoms with Crippen molar-refractivity contribution < 1.29 is 28.9 Å². The molecule has 0 unspecified atom stereocenters. The zero-order chi connectivity index (χ0) is 34.7. The molecule has 1 aromatic heterocycles. The van der Waals surface area contributed by atoms with Gasteiger partial charge in [-0.2, -0.15) is 5.10 Å². The van der Waals surface area contributed by atoms with Crippen molar-refractivity contribution in [2.24, 2.45) is 0 Å². The third-order valence-electron chi connectivity index (χ3n) is 8.44. The molecule has 0 radical (unpaired) electrons. The minimum Gasteiger partial charge on any atom is -0.467 e. The van der Waals surface area contributed by atoms with Gasteiger partial charge in [-0.1, -0.05) is 115 Å². The highest BCUT2D eigenvalue weighted by Gasteiger charge is 2.32. The fraction of sp³-hybridized carbons (Fsp3) is 0.263. The lowest BCUT2D eigenvalue weighted by atomic mass is 9.98. The van der Waals surface area contributed by atoms with Crippen LogP contribution in [-0.4, -0.2) is 57.3 Å². The molecule has 0 saturated carbocycles. The van der Waals surface area contributed by atoms with E-state index in [9.17, 15) is 14.7 Å². The molecule has 4 N–H and O–H groups in total. The van der Waals surface area contributed by atoms with Gasteiger partial charge in [0.15, 0.2) is 11.4 Å². The Labute approximate surface area is 294 Å². The number of methoxy groups -OCH3 is 1. The van der Waals surface area contributed by atoms with Crippen LogP contribution in [0.15, 0.2) is 115 Å². The van der Waals surface area contributed by atoms with E-state index in [0.717, 1.165) is 44.1 Å². The first-order chi connectivity index (χ1) is 24.5. The molecule has 258 valence electrons. The Bertz CT molecular complexity index is 1820. The lowest BCUT2D eigenvalue weighted by Crippen LogP contribution is -2.47. The van der Waals surface area contributed by atoms with Crippen LogP contribution in [0, 0.1) is 0 Å². The van der Waals surface area contributed by atoms with Crippen LogP contribution in [0.25, 0.3) is 11.1 Å². The van der Waals surface area contributed by atoms with E-state index in [1.165, 1.54) is 13.4 Å². The monoisotopic (exact) mass is 693 g/mol. The van der Waals surface area contributed by atoms with Crippen molar-refractivity contribution in [2.45, 2.75) is 55.7 Å². The molecule has 0 bridgehead atoms. The Morgan fingerprint density at radius 1 is 0.940 bits per heavy atom. The van der Waals surface area contributed by atoms with E-state index in [0.29, 0.717) is 18.6 Å². The highest BCUT2D eigenvalue weighted by Crippen LogP contribution is 2.39. The Kier molecular flexibility index (Phi) is 11.9. The van der Waals surface area contributed by atoms with Gasteiger partial charge < -0.3 is 30.0 Å². The number of hydrogen-bond donors (Lipinski definition) is 4. The number of nitrogens with one attached hydrogen (secondary N) is 3. The van der Waals surface area contributed by atoms with Crippen LogP contribution in [0.1, 0.15) is 46.6 Å².